The van der Waals surface area contributed by atoms with Crippen molar-refractivity contribution in [1.82, 2.24) is 0 Å². The smallest absolute Gasteiger partial charge is 0.268 e. The number of nitrogens with zero attached hydrogens (tertiary/aromatic N) is 1. The second-order valence-electron chi connectivity index (χ2n) is 6.88. The number of thiophene rings is 1. The van der Waals surface area contributed by atoms with Crippen LogP contribution in [0.5, 0.6) is 5.75 Å². The summed E-state index contributed by atoms with van der Waals surface area (Å²) in [4.78, 5) is 15.5. The lowest BCUT2D eigenvalue weighted by molar-refractivity contribution is 0.0989. The van der Waals surface area contributed by atoms with E-state index in [1.165, 1.54) is 28.5 Å². The van der Waals surface area contributed by atoms with Crippen molar-refractivity contribution in [2.45, 2.75) is 26.4 Å². The molecule has 28 heavy (non-hydrogen) atoms. The van der Waals surface area contributed by atoms with Crippen molar-refractivity contribution in [1.29, 1.82) is 0 Å². The molecular weight excluding hydrogens is 380 g/mol. The maximum absolute atomic E-state index is 13.7. The second kappa shape index (κ2) is 7.72. The zero-order chi connectivity index (χ0) is 19.7. The molecule has 0 atom stereocenters. The summed E-state index contributed by atoms with van der Waals surface area (Å²) in [6.07, 6.45) is 1.92. The van der Waals surface area contributed by atoms with Crippen LogP contribution >= 0.6 is 11.3 Å². The van der Waals surface area contributed by atoms with Crippen LogP contribution in [0.15, 0.2) is 47.8 Å². The van der Waals surface area contributed by atoms with Gasteiger partial charge in [-0.3, -0.25) is 4.79 Å². The Bertz CT molecular complexity index is 1030. The molecule has 0 fully saturated rings. The average molecular weight is 399 g/mol. The van der Waals surface area contributed by atoms with Gasteiger partial charge in [-0.05, 0) is 55.0 Å². The van der Waals surface area contributed by atoms with Gasteiger partial charge in [-0.15, -0.1) is 11.3 Å². The summed E-state index contributed by atoms with van der Waals surface area (Å²) in [5.74, 6) is -1.44. The SMILES string of the molecule is Cc1ccc2c(c1)CCCN2C(=O)c1cc(COc2ccc(F)cc2F)cs1. The number of hydrogen-bond acceptors (Lipinski definition) is 3. The predicted octanol–water partition coefficient (Wildman–Crippen LogP) is 5.51. The molecule has 0 saturated heterocycles. The number of hydrogen-bond donors (Lipinski definition) is 0. The molecule has 0 aliphatic carbocycles. The molecule has 2 aromatic carbocycles. The quantitative estimate of drug-likeness (QED) is 0.579. The molecule has 1 aliphatic heterocycles. The molecule has 2 heterocycles. The molecule has 1 amide bonds. The lowest BCUT2D eigenvalue weighted by Gasteiger charge is -2.29. The molecule has 0 radical (unpaired) electrons. The number of rotatable bonds is 4. The highest BCUT2D eigenvalue weighted by atomic mass is 32.1. The van der Waals surface area contributed by atoms with Crippen LogP contribution in [0.3, 0.4) is 0 Å². The highest BCUT2D eigenvalue weighted by molar-refractivity contribution is 7.12. The van der Waals surface area contributed by atoms with Crippen molar-refractivity contribution in [3.05, 3.63) is 81.0 Å². The molecule has 1 aliphatic rings. The van der Waals surface area contributed by atoms with Crippen LogP contribution < -0.4 is 9.64 Å². The minimum absolute atomic E-state index is 0.0131. The van der Waals surface area contributed by atoms with Gasteiger partial charge in [0.15, 0.2) is 11.6 Å². The Hall–Kier alpha value is -2.73. The van der Waals surface area contributed by atoms with E-state index in [1.54, 1.807) is 6.07 Å². The Kier molecular flexibility index (Phi) is 5.13. The Labute approximate surface area is 166 Å². The molecule has 3 nitrogen and oxygen atoms in total. The van der Waals surface area contributed by atoms with E-state index in [1.807, 2.05) is 22.4 Å². The number of amides is 1. The first-order valence-electron chi connectivity index (χ1n) is 9.08. The van der Waals surface area contributed by atoms with Gasteiger partial charge in [-0.25, -0.2) is 8.78 Å². The summed E-state index contributed by atoms with van der Waals surface area (Å²) in [6, 6.07) is 11.1. The van der Waals surface area contributed by atoms with E-state index in [9.17, 15) is 13.6 Å². The third-order valence-electron chi connectivity index (χ3n) is 4.75. The van der Waals surface area contributed by atoms with Crippen molar-refractivity contribution in [2.75, 3.05) is 11.4 Å². The first-order valence-corrected chi connectivity index (χ1v) is 9.96. The maximum Gasteiger partial charge on any atom is 0.268 e. The molecule has 0 unspecified atom stereocenters. The maximum atomic E-state index is 13.7. The Morgan fingerprint density at radius 2 is 2.04 bits per heavy atom. The molecule has 1 aromatic heterocycles. The molecule has 0 spiro atoms. The standard InChI is InChI=1S/C22H19F2NO2S/c1-14-4-6-19-16(9-14)3-2-8-25(19)22(26)21-10-15(13-28-21)12-27-20-7-5-17(23)11-18(20)24/h4-7,9-11,13H,2-3,8,12H2,1H3. The van der Waals surface area contributed by atoms with Gasteiger partial charge in [0.1, 0.15) is 12.4 Å². The summed E-state index contributed by atoms with van der Waals surface area (Å²) in [7, 11) is 0. The van der Waals surface area contributed by atoms with E-state index in [2.05, 4.69) is 13.0 Å². The third-order valence-corrected chi connectivity index (χ3v) is 5.72. The number of benzene rings is 2. The Morgan fingerprint density at radius 3 is 2.86 bits per heavy atom. The number of aryl methyl sites for hydroxylation is 2. The summed E-state index contributed by atoms with van der Waals surface area (Å²) >= 11 is 1.35. The van der Waals surface area contributed by atoms with Crippen LogP contribution in [0.1, 0.15) is 32.8 Å². The van der Waals surface area contributed by atoms with E-state index in [-0.39, 0.29) is 18.3 Å². The van der Waals surface area contributed by atoms with Crippen molar-refractivity contribution in [3.63, 3.8) is 0 Å². The summed E-state index contributed by atoms with van der Waals surface area (Å²) in [6.45, 7) is 2.86. The fourth-order valence-corrected chi connectivity index (χ4v) is 4.23. The molecule has 0 saturated carbocycles. The summed E-state index contributed by atoms with van der Waals surface area (Å²) < 4.78 is 32.1. The van der Waals surface area contributed by atoms with Crippen molar-refractivity contribution in [3.8, 4) is 5.75 Å². The zero-order valence-corrected chi connectivity index (χ0v) is 16.2. The number of halogens is 2. The molecule has 0 N–H and O–H groups in total. The summed E-state index contributed by atoms with van der Waals surface area (Å²) in [5, 5.41) is 1.83. The molecule has 144 valence electrons. The number of carbonyl (C=O) groups excluding carboxylic acids is 1. The molecule has 0 bridgehead atoms. The lowest BCUT2D eigenvalue weighted by atomic mass is 9.99. The van der Waals surface area contributed by atoms with Crippen molar-refractivity contribution < 1.29 is 18.3 Å². The number of carbonyl (C=O) groups is 1. The number of anilines is 1. The van der Waals surface area contributed by atoms with Crippen LogP contribution in [-0.4, -0.2) is 12.5 Å². The van der Waals surface area contributed by atoms with E-state index in [4.69, 9.17) is 4.74 Å². The van der Waals surface area contributed by atoms with Gasteiger partial charge in [-0.2, -0.15) is 0 Å². The van der Waals surface area contributed by atoms with Gasteiger partial charge in [0, 0.05) is 23.9 Å². The number of fused-ring (bicyclic) bond motifs is 1. The minimum Gasteiger partial charge on any atom is -0.486 e. The van der Waals surface area contributed by atoms with Gasteiger partial charge < -0.3 is 9.64 Å². The Morgan fingerprint density at radius 1 is 1.18 bits per heavy atom. The van der Waals surface area contributed by atoms with E-state index >= 15 is 0 Å². The first kappa shape index (κ1) is 18.6. The van der Waals surface area contributed by atoms with Gasteiger partial charge >= 0.3 is 0 Å². The van der Waals surface area contributed by atoms with Gasteiger partial charge in [-0.1, -0.05) is 17.7 Å². The zero-order valence-electron chi connectivity index (χ0n) is 15.4. The normalized spacial score (nSPS) is 13.3. The fourth-order valence-electron chi connectivity index (χ4n) is 3.39. The minimum atomic E-state index is -0.744. The van der Waals surface area contributed by atoms with Gasteiger partial charge in [0.25, 0.3) is 5.91 Å². The van der Waals surface area contributed by atoms with Crippen molar-refractivity contribution in [2.24, 2.45) is 0 Å². The van der Waals surface area contributed by atoms with Crippen molar-refractivity contribution >= 4 is 22.9 Å². The van der Waals surface area contributed by atoms with E-state index < -0.39 is 11.6 Å². The summed E-state index contributed by atoms with van der Waals surface area (Å²) in [5.41, 5.74) is 4.14. The molecule has 6 heteroatoms. The first-order chi connectivity index (χ1) is 13.5. The van der Waals surface area contributed by atoms with E-state index in [0.717, 1.165) is 36.2 Å². The lowest BCUT2D eigenvalue weighted by Crippen LogP contribution is -2.35. The Balaban J connectivity index is 1.48. The number of ether oxygens (including phenoxy) is 1. The largest absolute Gasteiger partial charge is 0.486 e. The third kappa shape index (κ3) is 3.78. The molecule has 3 aromatic rings. The van der Waals surface area contributed by atoms with Crippen LogP contribution in [0, 0.1) is 18.6 Å². The topological polar surface area (TPSA) is 29.5 Å². The molecule has 4 rings (SSSR count). The van der Waals surface area contributed by atoms with E-state index in [0.29, 0.717) is 11.4 Å². The van der Waals surface area contributed by atoms with Crippen LogP contribution in [-0.2, 0) is 13.0 Å². The van der Waals surface area contributed by atoms with Crippen LogP contribution in [0.25, 0.3) is 0 Å². The van der Waals surface area contributed by atoms with Gasteiger partial charge in [0.2, 0.25) is 0 Å². The highest BCUT2D eigenvalue weighted by Crippen LogP contribution is 2.30. The monoisotopic (exact) mass is 399 g/mol. The van der Waals surface area contributed by atoms with Gasteiger partial charge in [0.05, 0.1) is 4.88 Å². The average Bonchev–Trinajstić information content (AvgIpc) is 3.15. The predicted molar refractivity (Wildman–Crippen MR) is 106 cm³/mol. The second-order valence-corrected chi connectivity index (χ2v) is 7.79. The molecular formula is C22H19F2NO2S. The van der Waals surface area contributed by atoms with Crippen LogP contribution in [0.4, 0.5) is 14.5 Å². The fraction of sp³-hybridized carbons (Fsp3) is 0.227. The highest BCUT2D eigenvalue weighted by Gasteiger charge is 2.24. The van der Waals surface area contributed by atoms with Crippen LogP contribution in [0.2, 0.25) is 0 Å².